The summed E-state index contributed by atoms with van der Waals surface area (Å²) in [4.78, 5) is 14.1. The molecule has 1 unspecified atom stereocenters. The first-order valence-electron chi connectivity index (χ1n) is 8.57. The van der Waals surface area contributed by atoms with E-state index in [1.54, 1.807) is 12.2 Å². The van der Waals surface area contributed by atoms with Gasteiger partial charge in [0.2, 0.25) is 0 Å². The maximum atomic E-state index is 11.8. The molecule has 0 heterocycles. The van der Waals surface area contributed by atoms with E-state index in [1.807, 2.05) is 15.9 Å². The van der Waals surface area contributed by atoms with E-state index in [1.165, 1.54) is 57.1 Å². The molecule has 0 aliphatic heterocycles. The molecule has 2 nitrogen and oxygen atoms in total. The number of hydrogen-bond acceptors (Lipinski definition) is 3. The molecule has 21 heavy (non-hydrogen) atoms. The van der Waals surface area contributed by atoms with Gasteiger partial charge < -0.3 is 0 Å². The number of allylic oxidation sites excluding steroid dienone is 1. The van der Waals surface area contributed by atoms with Crippen LogP contribution in [0.5, 0.6) is 0 Å². The van der Waals surface area contributed by atoms with Gasteiger partial charge in [-0.3, -0.25) is 0 Å². The molecule has 1 atom stereocenters. The van der Waals surface area contributed by atoms with Crippen molar-refractivity contribution in [2.24, 2.45) is 0 Å². The summed E-state index contributed by atoms with van der Waals surface area (Å²) >= 11 is -2.75. The first-order valence-corrected chi connectivity index (χ1v) is 19.1. The quantitative estimate of drug-likeness (QED) is 0.205. The fourth-order valence-corrected chi connectivity index (χ4v) is 15.6. The molecule has 0 saturated heterocycles. The molecule has 0 aliphatic rings. The molecule has 0 aromatic rings. The zero-order valence-corrected chi connectivity index (χ0v) is 18.1. The zero-order chi connectivity index (χ0) is 16.0. The van der Waals surface area contributed by atoms with E-state index in [0.717, 1.165) is 4.44 Å². The standard InChI is InChI=1S/C6H14S.C6H13.C4H6O2.CH3.Sn/c1-2-3-4-5-6-7;1-3-5-6-4-2;1-2-3-4(5)6;;/h7H,2-6H2,1H3;1,3-6H2,2H3;2-3H,1H3,(H,5,6);1H3;/q;;;;+2/p-2. The molecular weight excluding hydrogens is 387 g/mol. The van der Waals surface area contributed by atoms with E-state index in [9.17, 15) is 4.79 Å². The van der Waals surface area contributed by atoms with Gasteiger partial charge in [0, 0.05) is 0 Å². The average molecular weight is 421 g/mol. The third-order valence-electron chi connectivity index (χ3n) is 3.51. The molecule has 0 rings (SSSR count). The molecule has 0 aromatic heterocycles. The van der Waals surface area contributed by atoms with Crippen LogP contribution in [-0.2, 0) is 7.87 Å². The zero-order valence-electron chi connectivity index (χ0n) is 14.5. The summed E-state index contributed by atoms with van der Waals surface area (Å²) in [5.41, 5.74) is 0. The van der Waals surface area contributed by atoms with Crippen LogP contribution in [0.15, 0.2) is 12.2 Å². The summed E-state index contributed by atoms with van der Waals surface area (Å²) in [6.45, 7) is 6.34. The van der Waals surface area contributed by atoms with Crippen LogP contribution < -0.4 is 0 Å². The van der Waals surface area contributed by atoms with E-state index in [0.29, 0.717) is 0 Å². The second-order valence-corrected chi connectivity index (χ2v) is 23.2. The molecule has 0 spiro atoms. The van der Waals surface area contributed by atoms with Crippen molar-refractivity contribution in [2.75, 3.05) is 5.75 Å². The molecular formula is C17H34O2SSn. The molecule has 4 heteroatoms. The number of carbonyl (C=O) groups excluding carboxylic acids is 1. The van der Waals surface area contributed by atoms with E-state index in [4.69, 9.17) is 3.07 Å². The van der Waals surface area contributed by atoms with Crippen LogP contribution in [0.3, 0.4) is 0 Å². The van der Waals surface area contributed by atoms with Crippen LogP contribution >= 0.6 is 8.95 Å². The Morgan fingerprint density at radius 2 is 1.67 bits per heavy atom. The SMILES string of the molecule is CC=CC(=O)[O][Sn]([CH3])([CH2]CCCCC)[S]CCCCCC. The molecule has 0 saturated carbocycles. The summed E-state index contributed by atoms with van der Waals surface area (Å²) in [7, 11) is 2.02. The molecule has 0 amide bonds. The van der Waals surface area contributed by atoms with Gasteiger partial charge in [-0.05, 0) is 0 Å². The first-order chi connectivity index (χ1) is 10.1. The van der Waals surface area contributed by atoms with Crippen LogP contribution in [-0.4, -0.2) is 29.1 Å². The molecule has 0 bridgehead atoms. The second kappa shape index (κ2) is 14.0. The van der Waals surface area contributed by atoms with Crippen molar-refractivity contribution in [3.8, 4) is 0 Å². The summed E-state index contributed by atoms with van der Waals surface area (Å²) in [5.74, 6) is 1.05. The molecule has 0 aliphatic carbocycles. The van der Waals surface area contributed by atoms with E-state index in [2.05, 4.69) is 18.8 Å². The van der Waals surface area contributed by atoms with Gasteiger partial charge in [-0.15, -0.1) is 0 Å². The van der Waals surface area contributed by atoms with Gasteiger partial charge in [0.05, 0.1) is 0 Å². The van der Waals surface area contributed by atoms with Gasteiger partial charge in [0.15, 0.2) is 0 Å². The Labute approximate surface area is 139 Å². The molecule has 124 valence electrons. The molecule has 0 radical (unpaired) electrons. The fraction of sp³-hybridized carbons (Fsp3) is 0.824. The molecule has 0 aromatic carbocycles. The van der Waals surface area contributed by atoms with Gasteiger partial charge >= 0.3 is 140 Å². The Hall–Kier alpha value is 0.359. The Morgan fingerprint density at radius 1 is 1.05 bits per heavy atom. The molecule has 0 N–H and O–H groups in total. The minimum atomic E-state index is -2.75. The monoisotopic (exact) mass is 422 g/mol. The van der Waals surface area contributed by atoms with Crippen molar-refractivity contribution in [3.05, 3.63) is 12.2 Å². The van der Waals surface area contributed by atoms with E-state index >= 15 is 0 Å². The van der Waals surface area contributed by atoms with Crippen molar-refractivity contribution in [2.45, 2.75) is 81.5 Å². The van der Waals surface area contributed by atoms with Gasteiger partial charge in [-0.25, -0.2) is 0 Å². The van der Waals surface area contributed by atoms with Crippen molar-refractivity contribution < 1.29 is 7.87 Å². The van der Waals surface area contributed by atoms with Gasteiger partial charge in [-0.1, -0.05) is 0 Å². The normalized spacial score (nSPS) is 14.3. The van der Waals surface area contributed by atoms with Crippen LogP contribution in [0.2, 0.25) is 9.38 Å². The van der Waals surface area contributed by atoms with Crippen molar-refractivity contribution >= 4 is 32.3 Å². The third-order valence-corrected chi connectivity index (χ3v) is 18.9. The first kappa shape index (κ1) is 21.4. The average Bonchev–Trinajstić information content (AvgIpc) is 2.44. The van der Waals surface area contributed by atoms with Gasteiger partial charge in [0.25, 0.3) is 0 Å². The van der Waals surface area contributed by atoms with Crippen molar-refractivity contribution in [1.82, 2.24) is 0 Å². The van der Waals surface area contributed by atoms with Crippen molar-refractivity contribution in [3.63, 3.8) is 0 Å². The number of carbonyl (C=O) groups is 1. The second-order valence-electron chi connectivity index (χ2n) is 5.77. The van der Waals surface area contributed by atoms with Gasteiger partial charge in [0.1, 0.15) is 0 Å². The summed E-state index contributed by atoms with van der Waals surface area (Å²) in [6, 6.07) is 0. The van der Waals surface area contributed by atoms with Gasteiger partial charge in [-0.2, -0.15) is 0 Å². The number of unbranched alkanes of at least 4 members (excludes halogenated alkanes) is 6. The predicted octanol–water partition coefficient (Wildman–Crippen LogP) is 6.07. The number of rotatable bonds is 13. The van der Waals surface area contributed by atoms with E-state index in [-0.39, 0.29) is 5.97 Å². The predicted molar refractivity (Wildman–Crippen MR) is 98.1 cm³/mol. The van der Waals surface area contributed by atoms with Crippen LogP contribution in [0.1, 0.15) is 72.1 Å². The summed E-state index contributed by atoms with van der Waals surface area (Å²) < 4.78 is 7.08. The summed E-state index contributed by atoms with van der Waals surface area (Å²) in [5, 5.41) is 0. The summed E-state index contributed by atoms with van der Waals surface area (Å²) in [6.07, 6.45) is 13.6. The van der Waals surface area contributed by atoms with Crippen LogP contribution in [0.25, 0.3) is 0 Å². The molecule has 0 fully saturated rings. The maximum absolute atomic E-state index is 11.8. The Morgan fingerprint density at radius 3 is 2.24 bits per heavy atom. The Kier molecular flexibility index (Phi) is 14.2. The van der Waals surface area contributed by atoms with Crippen LogP contribution in [0.4, 0.5) is 0 Å². The Balaban J connectivity index is 4.26. The van der Waals surface area contributed by atoms with Crippen LogP contribution in [0, 0.1) is 0 Å². The van der Waals surface area contributed by atoms with E-state index < -0.39 is 17.4 Å². The number of hydrogen-bond donors (Lipinski definition) is 0. The topological polar surface area (TPSA) is 26.3 Å². The van der Waals surface area contributed by atoms with Crippen molar-refractivity contribution in [1.29, 1.82) is 0 Å². The third kappa shape index (κ3) is 12.6. The Bertz CT molecular complexity index is 295. The minimum absolute atomic E-state index is 0.118. The fourth-order valence-electron chi connectivity index (χ4n) is 2.23.